The van der Waals surface area contributed by atoms with Crippen molar-refractivity contribution >= 4 is 28.4 Å². The molecule has 3 heteroatoms. The Morgan fingerprint density at radius 1 is 1.43 bits per heavy atom. The van der Waals surface area contributed by atoms with Crippen LogP contribution in [-0.2, 0) is 0 Å². The molecule has 0 amide bonds. The van der Waals surface area contributed by atoms with Gasteiger partial charge < -0.3 is 4.98 Å². The predicted molar refractivity (Wildman–Crippen MR) is 60.1 cm³/mol. The molecule has 2 rings (SSSR count). The third kappa shape index (κ3) is 1.44. The van der Waals surface area contributed by atoms with Crippen molar-refractivity contribution < 1.29 is 4.79 Å². The van der Waals surface area contributed by atoms with E-state index in [1.165, 1.54) is 4.90 Å². The summed E-state index contributed by atoms with van der Waals surface area (Å²) in [4.78, 5) is 15.6. The second kappa shape index (κ2) is 3.50. The highest BCUT2D eigenvalue weighted by Gasteiger charge is 2.07. The molecule has 72 valence electrons. The summed E-state index contributed by atoms with van der Waals surface area (Å²) in [6, 6.07) is 6.11. The van der Waals surface area contributed by atoms with E-state index in [-0.39, 0.29) is 5.78 Å². The second-order valence-corrected chi connectivity index (χ2v) is 4.05. The fraction of sp³-hybridized carbons (Fsp3) is 0.182. The van der Waals surface area contributed by atoms with Gasteiger partial charge in [0.1, 0.15) is 0 Å². The Labute approximate surface area is 86.7 Å². The summed E-state index contributed by atoms with van der Waals surface area (Å²) in [6.07, 6.45) is 3.80. The Kier molecular flexibility index (Phi) is 2.33. The summed E-state index contributed by atoms with van der Waals surface area (Å²) in [5.74, 6) is 0.106. The van der Waals surface area contributed by atoms with E-state index in [0.29, 0.717) is 0 Å². The normalized spacial score (nSPS) is 10.7. The van der Waals surface area contributed by atoms with E-state index in [1.54, 1.807) is 24.9 Å². The zero-order valence-corrected chi connectivity index (χ0v) is 8.94. The summed E-state index contributed by atoms with van der Waals surface area (Å²) in [7, 11) is 0. The molecular formula is C11H11NOS. The van der Waals surface area contributed by atoms with Gasteiger partial charge >= 0.3 is 0 Å². The number of hydrogen-bond acceptors (Lipinski definition) is 2. The number of carbonyl (C=O) groups excluding carboxylic acids is 1. The molecule has 1 heterocycles. The Hall–Kier alpha value is -1.22. The number of aromatic nitrogens is 1. The summed E-state index contributed by atoms with van der Waals surface area (Å²) in [6.45, 7) is 1.59. The molecule has 0 saturated carbocycles. The number of aromatic amines is 1. The SMILES string of the molecule is CSc1ccc2[nH]cc(C(C)=O)c2c1. The number of benzene rings is 1. The molecule has 0 aliphatic rings. The Bertz CT molecular complexity index is 487. The number of ketones is 1. The molecular weight excluding hydrogens is 194 g/mol. The van der Waals surface area contributed by atoms with Crippen molar-refractivity contribution in [2.24, 2.45) is 0 Å². The van der Waals surface area contributed by atoms with Crippen LogP contribution in [0.15, 0.2) is 29.3 Å². The van der Waals surface area contributed by atoms with Crippen molar-refractivity contribution in [2.45, 2.75) is 11.8 Å². The van der Waals surface area contributed by atoms with E-state index >= 15 is 0 Å². The monoisotopic (exact) mass is 205 g/mol. The fourth-order valence-electron chi connectivity index (χ4n) is 1.52. The minimum atomic E-state index is 0.106. The highest BCUT2D eigenvalue weighted by Crippen LogP contribution is 2.24. The van der Waals surface area contributed by atoms with Crippen LogP contribution in [0, 0.1) is 0 Å². The molecule has 1 N–H and O–H groups in total. The minimum Gasteiger partial charge on any atom is -0.360 e. The lowest BCUT2D eigenvalue weighted by atomic mass is 10.1. The number of nitrogens with one attached hydrogen (secondary N) is 1. The van der Waals surface area contributed by atoms with Gasteiger partial charge in [-0.1, -0.05) is 0 Å². The van der Waals surface area contributed by atoms with E-state index < -0.39 is 0 Å². The Morgan fingerprint density at radius 3 is 2.86 bits per heavy atom. The van der Waals surface area contributed by atoms with Crippen LogP contribution in [0.25, 0.3) is 10.9 Å². The van der Waals surface area contributed by atoms with Crippen LogP contribution < -0.4 is 0 Å². The average molecular weight is 205 g/mol. The Morgan fingerprint density at radius 2 is 2.21 bits per heavy atom. The lowest BCUT2D eigenvalue weighted by Crippen LogP contribution is -1.88. The van der Waals surface area contributed by atoms with Crippen LogP contribution in [0.2, 0.25) is 0 Å². The molecule has 1 aromatic heterocycles. The number of hydrogen-bond donors (Lipinski definition) is 1. The number of thioether (sulfide) groups is 1. The number of H-pyrrole nitrogens is 1. The van der Waals surface area contributed by atoms with Crippen LogP contribution in [0.3, 0.4) is 0 Å². The number of Topliss-reactive ketones (excluding diaryl/α,β-unsaturated/α-hetero) is 1. The quantitative estimate of drug-likeness (QED) is 0.603. The second-order valence-electron chi connectivity index (χ2n) is 3.17. The van der Waals surface area contributed by atoms with E-state index in [1.807, 2.05) is 24.5 Å². The maximum atomic E-state index is 11.3. The molecule has 0 saturated heterocycles. The molecule has 14 heavy (non-hydrogen) atoms. The smallest absolute Gasteiger partial charge is 0.161 e. The molecule has 0 radical (unpaired) electrons. The Balaban J connectivity index is 2.69. The van der Waals surface area contributed by atoms with Crippen LogP contribution in [-0.4, -0.2) is 17.0 Å². The summed E-state index contributed by atoms with van der Waals surface area (Å²) >= 11 is 1.68. The minimum absolute atomic E-state index is 0.106. The zero-order chi connectivity index (χ0) is 10.1. The average Bonchev–Trinajstić information content (AvgIpc) is 2.59. The van der Waals surface area contributed by atoms with E-state index in [9.17, 15) is 4.79 Å². The van der Waals surface area contributed by atoms with Crippen molar-refractivity contribution in [3.05, 3.63) is 30.0 Å². The van der Waals surface area contributed by atoms with Crippen molar-refractivity contribution in [1.29, 1.82) is 0 Å². The summed E-state index contributed by atoms with van der Waals surface area (Å²) in [5, 5.41) is 1.02. The van der Waals surface area contributed by atoms with Gasteiger partial charge in [0.15, 0.2) is 5.78 Å². The molecule has 0 unspecified atom stereocenters. The van der Waals surface area contributed by atoms with Gasteiger partial charge in [-0.2, -0.15) is 0 Å². The first-order valence-electron chi connectivity index (χ1n) is 4.38. The van der Waals surface area contributed by atoms with Crippen molar-refractivity contribution in [1.82, 2.24) is 4.98 Å². The van der Waals surface area contributed by atoms with Crippen LogP contribution >= 0.6 is 11.8 Å². The molecule has 0 bridgehead atoms. The van der Waals surface area contributed by atoms with Gasteiger partial charge in [0.05, 0.1) is 0 Å². The lowest BCUT2D eigenvalue weighted by Gasteiger charge is -1.97. The van der Waals surface area contributed by atoms with Gasteiger partial charge in [0, 0.05) is 27.6 Å². The highest BCUT2D eigenvalue weighted by atomic mass is 32.2. The molecule has 0 aliphatic heterocycles. The van der Waals surface area contributed by atoms with Gasteiger partial charge in [-0.05, 0) is 31.4 Å². The van der Waals surface area contributed by atoms with Crippen LogP contribution in [0.1, 0.15) is 17.3 Å². The van der Waals surface area contributed by atoms with Gasteiger partial charge in [0.2, 0.25) is 0 Å². The third-order valence-corrected chi connectivity index (χ3v) is 2.99. The first-order valence-corrected chi connectivity index (χ1v) is 5.61. The van der Waals surface area contributed by atoms with E-state index in [0.717, 1.165) is 16.5 Å². The maximum absolute atomic E-state index is 11.3. The lowest BCUT2D eigenvalue weighted by molar-refractivity contribution is 0.101. The standard InChI is InChI=1S/C11H11NOS/c1-7(13)10-6-12-11-4-3-8(14-2)5-9(10)11/h3-6,12H,1-2H3. The molecule has 1 aromatic carbocycles. The summed E-state index contributed by atoms with van der Waals surface area (Å²) in [5.41, 5.74) is 1.80. The molecule has 2 nitrogen and oxygen atoms in total. The first-order chi connectivity index (χ1) is 6.72. The third-order valence-electron chi connectivity index (χ3n) is 2.27. The van der Waals surface area contributed by atoms with Crippen LogP contribution in [0.4, 0.5) is 0 Å². The van der Waals surface area contributed by atoms with Crippen molar-refractivity contribution in [3.63, 3.8) is 0 Å². The van der Waals surface area contributed by atoms with Crippen molar-refractivity contribution in [2.75, 3.05) is 6.26 Å². The zero-order valence-electron chi connectivity index (χ0n) is 8.13. The van der Waals surface area contributed by atoms with Gasteiger partial charge in [-0.15, -0.1) is 11.8 Å². The van der Waals surface area contributed by atoms with Crippen LogP contribution in [0.5, 0.6) is 0 Å². The van der Waals surface area contributed by atoms with Gasteiger partial charge in [-0.3, -0.25) is 4.79 Å². The largest absolute Gasteiger partial charge is 0.360 e. The molecule has 0 spiro atoms. The first kappa shape index (κ1) is 9.34. The topological polar surface area (TPSA) is 32.9 Å². The number of fused-ring (bicyclic) bond motifs is 1. The molecule has 2 aromatic rings. The summed E-state index contributed by atoms with van der Waals surface area (Å²) < 4.78 is 0. The van der Waals surface area contributed by atoms with Gasteiger partial charge in [-0.25, -0.2) is 0 Å². The van der Waals surface area contributed by atoms with E-state index in [2.05, 4.69) is 4.98 Å². The number of rotatable bonds is 2. The highest BCUT2D eigenvalue weighted by molar-refractivity contribution is 7.98. The number of carbonyl (C=O) groups is 1. The van der Waals surface area contributed by atoms with Gasteiger partial charge in [0.25, 0.3) is 0 Å². The molecule has 0 atom stereocenters. The molecule has 0 aliphatic carbocycles. The fourth-order valence-corrected chi connectivity index (χ4v) is 1.96. The predicted octanol–water partition coefficient (Wildman–Crippen LogP) is 3.09. The van der Waals surface area contributed by atoms with E-state index in [4.69, 9.17) is 0 Å². The van der Waals surface area contributed by atoms with Crippen molar-refractivity contribution in [3.8, 4) is 0 Å². The maximum Gasteiger partial charge on any atom is 0.161 e. The molecule has 0 fully saturated rings.